The van der Waals surface area contributed by atoms with Crippen molar-refractivity contribution >= 4 is 15.9 Å². The maximum absolute atomic E-state index is 13.8. The average molecular weight is 368 g/mol. The fourth-order valence-electron chi connectivity index (χ4n) is 2.82. The number of halogens is 1. The van der Waals surface area contributed by atoms with Crippen molar-refractivity contribution in [3.63, 3.8) is 0 Å². The van der Waals surface area contributed by atoms with Gasteiger partial charge in [-0.3, -0.25) is 4.79 Å². The van der Waals surface area contributed by atoms with E-state index in [1.807, 2.05) is 0 Å². The summed E-state index contributed by atoms with van der Waals surface area (Å²) in [6.07, 6.45) is 8.59. The Hall–Kier alpha value is -1.73. The molecule has 1 aromatic carbocycles. The highest BCUT2D eigenvalue weighted by molar-refractivity contribution is 7.88. The van der Waals surface area contributed by atoms with Crippen LogP contribution in [0, 0.1) is 5.82 Å². The third kappa shape index (κ3) is 6.59. The van der Waals surface area contributed by atoms with E-state index in [1.165, 1.54) is 36.6 Å². The van der Waals surface area contributed by atoms with Crippen molar-refractivity contribution in [3.05, 3.63) is 47.3 Å². The molecule has 0 atom stereocenters. The van der Waals surface area contributed by atoms with Crippen LogP contribution in [0.25, 0.3) is 0 Å². The number of nitrogens with zero attached hydrogens (tertiary/aromatic N) is 1. The van der Waals surface area contributed by atoms with Crippen molar-refractivity contribution in [2.75, 3.05) is 19.3 Å². The molecule has 2 rings (SSSR count). The lowest BCUT2D eigenvalue weighted by Crippen LogP contribution is -2.40. The second kappa shape index (κ2) is 9.10. The summed E-state index contributed by atoms with van der Waals surface area (Å²) in [5, 5.41) is 2.75. The summed E-state index contributed by atoms with van der Waals surface area (Å²) >= 11 is 0. The van der Waals surface area contributed by atoms with E-state index in [4.69, 9.17) is 0 Å². The molecule has 1 N–H and O–H groups in total. The molecule has 1 aromatic rings. The Balaban J connectivity index is 1.89. The van der Waals surface area contributed by atoms with Gasteiger partial charge in [0.15, 0.2) is 0 Å². The second-order valence-electron chi connectivity index (χ2n) is 6.33. The monoisotopic (exact) mass is 368 g/mol. The van der Waals surface area contributed by atoms with Gasteiger partial charge in [0.2, 0.25) is 15.9 Å². The first-order chi connectivity index (χ1) is 11.9. The molecule has 0 saturated heterocycles. The van der Waals surface area contributed by atoms with Crippen molar-refractivity contribution < 1.29 is 17.6 Å². The molecule has 25 heavy (non-hydrogen) atoms. The smallest absolute Gasteiger partial charge is 0.235 e. The van der Waals surface area contributed by atoms with Gasteiger partial charge in [0, 0.05) is 18.7 Å². The number of nitrogens with one attached hydrogen (secondary N) is 1. The maximum Gasteiger partial charge on any atom is 0.235 e. The van der Waals surface area contributed by atoms with E-state index >= 15 is 0 Å². The van der Waals surface area contributed by atoms with Crippen molar-refractivity contribution in [1.82, 2.24) is 9.62 Å². The van der Waals surface area contributed by atoms with E-state index in [2.05, 4.69) is 11.4 Å². The Morgan fingerprint density at radius 2 is 2.04 bits per heavy atom. The number of rotatable bonds is 8. The number of hydrogen-bond acceptors (Lipinski definition) is 3. The Bertz CT molecular complexity index is 732. The van der Waals surface area contributed by atoms with E-state index in [-0.39, 0.29) is 24.6 Å². The fraction of sp³-hybridized carbons (Fsp3) is 0.500. The van der Waals surface area contributed by atoms with E-state index < -0.39 is 15.8 Å². The molecular formula is C18H25FN2O3S. The van der Waals surface area contributed by atoms with E-state index in [0.29, 0.717) is 6.54 Å². The topological polar surface area (TPSA) is 66.5 Å². The van der Waals surface area contributed by atoms with Gasteiger partial charge in [0.1, 0.15) is 5.82 Å². The zero-order chi connectivity index (χ0) is 18.3. The fourth-order valence-corrected chi connectivity index (χ4v) is 3.54. The molecule has 0 heterocycles. The predicted octanol–water partition coefficient (Wildman–Crippen LogP) is 2.59. The summed E-state index contributed by atoms with van der Waals surface area (Å²) in [5.41, 5.74) is 1.59. The molecule has 0 spiro atoms. The summed E-state index contributed by atoms with van der Waals surface area (Å²) in [5.74, 6) is -0.862. The molecule has 5 nitrogen and oxygen atoms in total. The number of allylic oxidation sites excluding steroid dienone is 1. The minimum Gasteiger partial charge on any atom is -0.355 e. The van der Waals surface area contributed by atoms with Crippen molar-refractivity contribution in [2.45, 2.75) is 38.6 Å². The van der Waals surface area contributed by atoms with E-state index in [9.17, 15) is 17.6 Å². The molecular weight excluding hydrogens is 343 g/mol. The van der Waals surface area contributed by atoms with Gasteiger partial charge in [-0.1, -0.05) is 29.8 Å². The summed E-state index contributed by atoms with van der Waals surface area (Å²) < 4.78 is 38.6. The molecule has 1 aliphatic carbocycles. The number of hydrogen-bond donors (Lipinski definition) is 1. The molecule has 0 aliphatic heterocycles. The average Bonchev–Trinajstić information content (AvgIpc) is 2.56. The Kier molecular flexibility index (Phi) is 7.13. The van der Waals surface area contributed by atoms with Gasteiger partial charge in [-0.15, -0.1) is 0 Å². The molecule has 138 valence electrons. The lowest BCUT2D eigenvalue weighted by Gasteiger charge is -2.20. The van der Waals surface area contributed by atoms with Crippen molar-refractivity contribution in [1.29, 1.82) is 0 Å². The normalized spacial score (nSPS) is 15.1. The second-order valence-corrected chi connectivity index (χ2v) is 8.31. The number of amides is 1. The zero-order valence-electron chi connectivity index (χ0n) is 14.5. The minimum atomic E-state index is -3.63. The molecule has 0 bridgehead atoms. The standard InChI is InChI=1S/C18H25FN2O3S/c1-25(23,24)21(13-16-9-5-6-10-17(16)19)14-18(22)20-12-11-15-7-3-2-4-8-15/h5-7,9-10H,2-4,8,11-14H2,1H3,(H,20,22). The summed E-state index contributed by atoms with van der Waals surface area (Å²) in [6, 6.07) is 5.96. The Morgan fingerprint density at radius 1 is 1.28 bits per heavy atom. The van der Waals surface area contributed by atoms with Gasteiger partial charge in [-0.25, -0.2) is 12.8 Å². The van der Waals surface area contributed by atoms with E-state index in [0.717, 1.165) is 29.8 Å². The molecule has 0 fully saturated rings. The Labute approximate surface area is 149 Å². The highest BCUT2D eigenvalue weighted by Crippen LogP contribution is 2.19. The Morgan fingerprint density at radius 3 is 2.68 bits per heavy atom. The lowest BCUT2D eigenvalue weighted by atomic mass is 9.97. The minimum absolute atomic E-state index is 0.163. The lowest BCUT2D eigenvalue weighted by molar-refractivity contribution is -0.121. The van der Waals surface area contributed by atoms with Gasteiger partial charge in [0.05, 0.1) is 12.8 Å². The van der Waals surface area contributed by atoms with Crippen LogP contribution in [0.15, 0.2) is 35.9 Å². The largest absolute Gasteiger partial charge is 0.355 e. The third-order valence-corrected chi connectivity index (χ3v) is 5.44. The first-order valence-corrected chi connectivity index (χ1v) is 10.3. The number of carbonyl (C=O) groups is 1. The van der Waals surface area contributed by atoms with Crippen LogP contribution in [0.3, 0.4) is 0 Å². The zero-order valence-corrected chi connectivity index (χ0v) is 15.3. The highest BCUT2D eigenvalue weighted by Gasteiger charge is 2.21. The van der Waals surface area contributed by atoms with Gasteiger partial charge >= 0.3 is 0 Å². The van der Waals surface area contributed by atoms with Gasteiger partial charge in [-0.05, 0) is 38.2 Å². The van der Waals surface area contributed by atoms with Gasteiger partial charge in [-0.2, -0.15) is 4.31 Å². The van der Waals surface area contributed by atoms with Gasteiger partial charge in [0.25, 0.3) is 0 Å². The molecule has 1 amide bonds. The highest BCUT2D eigenvalue weighted by atomic mass is 32.2. The molecule has 0 radical (unpaired) electrons. The molecule has 7 heteroatoms. The van der Waals surface area contributed by atoms with Crippen LogP contribution in [0.2, 0.25) is 0 Å². The van der Waals surface area contributed by atoms with Crippen molar-refractivity contribution in [3.8, 4) is 0 Å². The number of carbonyl (C=O) groups excluding carboxylic acids is 1. The first kappa shape index (κ1) is 19.6. The van der Waals surface area contributed by atoms with Crippen LogP contribution >= 0.6 is 0 Å². The van der Waals surface area contributed by atoms with Gasteiger partial charge < -0.3 is 5.32 Å². The molecule has 0 saturated carbocycles. The third-order valence-electron chi connectivity index (χ3n) is 4.25. The summed E-state index contributed by atoms with van der Waals surface area (Å²) in [7, 11) is -3.63. The summed E-state index contributed by atoms with van der Waals surface area (Å²) in [4.78, 5) is 12.1. The number of sulfonamides is 1. The predicted molar refractivity (Wildman–Crippen MR) is 95.8 cm³/mol. The van der Waals surface area contributed by atoms with Crippen molar-refractivity contribution in [2.24, 2.45) is 0 Å². The molecule has 0 aromatic heterocycles. The molecule has 1 aliphatic rings. The number of benzene rings is 1. The maximum atomic E-state index is 13.8. The van der Waals surface area contributed by atoms with Crippen LogP contribution in [0.1, 0.15) is 37.7 Å². The molecule has 0 unspecified atom stereocenters. The van der Waals surface area contributed by atoms with Crippen LogP contribution < -0.4 is 5.32 Å². The van der Waals surface area contributed by atoms with Crippen LogP contribution in [-0.2, 0) is 21.4 Å². The first-order valence-electron chi connectivity index (χ1n) is 8.49. The van der Waals surface area contributed by atoms with Crippen LogP contribution in [-0.4, -0.2) is 38.0 Å². The quantitative estimate of drug-likeness (QED) is 0.717. The summed E-state index contributed by atoms with van der Waals surface area (Å²) in [6.45, 7) is 0.0122. The SMILES string of the molecule is CS(=O)(=O)N(CC(=O)NCCC1=CCCCC1)Cc1ccccc1F. The van der Waals surface area contributed by atoms with Crippen LogP contribution in [0.4, 0.5) is 4.39 Å². The van der Waals surface area contributed by atoms with E-state index in [1.54, 1.807) is 6.07 Å². The van der Waals surface area contributed by atoms with Crippen LogP contribution in [0.5, 0.6) is 0 Å².